The molecule has 2 fully saturated rings. The molecule has 2 atom stereocenters. The molecule has 0 radical (unpaired) electrons. The minimum absolute atomic E-state index is 0.153. The minimum atomic E-state index is -0.434. The number of amides is 1. The smallest absolute Gasteiger partial charge is 0.410 e. The zero-order chi connectivity index (χ0) is 33.7. The summed E-state index contributed by atoms with van der Waals surface area (Å²) in [6.45, 7) is 2.92. The Kier molecular flexibility index (Phi) is 9.43. The first-order chi connectivity index (χ1) is 24.0. The number of methoxy groups -OCH3 is 1. The van der Waals surface area contributed by atoms with Crippen LogP contribution in [-0.4, -0.2) is 94.5 Å². The van der Waals surface area contributed by atoms with E-state index in [1.807, 2.05) is 59.2 Å². The van der Waals surface area contributed by atoms with Gasteiger partial charge in [0.2, 0.25) is 0 Å². The predicted octanol–water partition coefficient (Wildman–Crippen LogP) is 5.09. The summed E-state index contributed by atoms with van der Waals surface area (Å²) in [5.74, 6) is 1.43. The highest BCUT2D eigenvalue weighted by atomic mass is 16.6. The van der Waals surface area contributed by atoms with Crippen molar-refractivity contribution >= 4 is 28.3 Å². The molecule has 3 aromatic carbocycles. The van der Waals surface area contributed by atoms with Crippen molar-refractivity contribution in [2.24, 2.45) is 0 Å². The highest BCUT2D eigenvalue weighted by Crippen LogP contribution is 2.31. The predicted molar refractivity (Wildman–Crippen MR) is 185 cm³/mol. The van der Waals surface area contributed by atoms with Gasteiger partial charge in [0.15, 0.2) is 11.5 Å². The molecule has 2 aromatic heterocycles. The first-order valence-electron chi connectivity index (χ1n) is 16.7. The second-order valence-electron chi connectivity index (χ2n) is 12.6. The Hall–Kier alpha value is -5.41. The van der Waals surface area contributed by atoms with Crippen molar-refractivity contribution in [3.63, 3.8) is 0 Å². The molecule has 4 heterocycles. The quantitative estimate of drug-likeness (QED) is 0.200. The maximum Gasteiger partial charge on any atom is 0.410 e. The standard InChI is InChI=1S/C37H40N8O4/c1-42-18-8-11-29(42)25-48-36-40-35(43-19-20-44(28(23-43)16-17-38)37(46)49-24-26-9-4-3-5-10-26)34-39-22-30(45(34)41-36)21-27-14-15-33(47-2)32-13-7-6-12-31(27)32/h3-7,9-10,12-15,22,28-29H,8,11,16,18-21,23-25H2,1-2H3/t28-,29-/m0/s1. The SMILES string of the molecule is COc1ccc(Cc2cnc3c(N4CCN(C(=O)OCc5ccccc5)[C@@H](CC#N)C4)nc(OC[C@@H]4CCCN4C)nn23)c2ccccc12. The van der Waals surface area contributed by atoms with Gasteiger partial charge in [0, 0.05) is 37.5 Å². The van der Waals surface area contributed by atoms with Crippen molar-refractivity contribution in [1.29, 1.82) is 5.26 Å². The number of carbonyl (C=O) groups is 1. The summed E-state index contributed by atoms with van der Waals surface area (Å²) in [5.41, 5.74) is 3.50. The molecule has 2 aliphatic heterocycles. The fourth-order valence-electron chi connectivity index (χ4n) is 6.88. The number of likely N-dealkylation sites (N-methyl/N-ethyl adjacent to an activating group) is 1. The van der Waals surface area contributed by atoms with Crippen LogP contribution in [0.25, 0.3) is 16.4 Å². The third-order valence-electron chi connectivity index (χ3n) is 9.59. The van der Waals surface area contributed by atoms with Gasteiger partial charge in [-0.05, 0) is 49.0 Å². The van der Waals surface area contributed by atoms with E-state index in [4.69, 9.17) is 29.3 Å². The van der Waals surface area contributed by atoms with E-state index in [1.54, 1.807) is 12.0 Å². The van der Waals surface area contributed by atoms with E-state index in [0.717, 1.165) is 52.7 Å². The van der Waals surface area contributed by atoms with Crippen LogP contribution in [0.5, 0.6) is 11.8 Å². The maximum absolute atomic E-state index is 13.2. The number of hydrogen-bond acceptors (Lipinski definition) is 10. The Labute approximate surface area is 285 Å². The van der Waals surface area contributed by atoms with Gasteiger partial charge in [0.25, 0.3) is 0 Å². The first-order valence-corrected chi connectivity index (χ1v) is 16.7. The number of carbonyl (C=O) groups excluding carboxylic acids is 1. The third kappa shape index (κ3) is 6.80. The molecule has 1 amide bonds. The van der Waals surface area contributed by atoms with Gasteiger partial charge in [-0.25, -0.2) is 14.3 Å². The average molecular weight is 661 g/mol. The number of nitrogens with zero attached hydrogens (tertiary/aromatic N) is 8. The number of aromatic nitrogens is 4. The van der Waals surface area contributed by atoms with E-state index in [1.165, 1.54) is 0 Å². The van der Waals surface area contributed by atoms with Crippen molar-refractivity contribution in [2.75, 3.05) is 51.8 Å². The zero-order valence-corrected chi connectivity index (χ0v) is 27.9. The van der Waals surface area contributed by atoms with Gasteiger partial charge in [-0.3, -0.25) is 0 Å². The summed E-state index contributed by atoms with van der Waals surface area (Å²) in [6.07, 6.45) is 4.33. The summed E-state index contributed by atoms with van der Waals surface area (Å²) >= 11 is 0. The Bertz CT molecular complexity index is 1980. The second kappa shape index (κ2) is 14.4. The first kappa shape index (κ1) is 32.2. The number of likely N-dealkylation sites (tertiary alicyclic amines) is 1. The van der Waals surface area contributed by atoms with Crippen LogP contribution in [0, 0.1) is 11.3 Å². The van der Waals surface area contributed by atoms with Crippen LogP contribution < -0.4 is 14.4 Å². The third-order valence-corrected chi connectivity index (χ3v) is 9.59. The molecule has 0 bridgehead atoms. The number of piperazine rings is 1. The van der Waals surface area contributed by atoms with Crippen molar-refractivity contribution in [3.05, 3.63) is 89.7 Å². The number of rotatable bonds is 10. The molecule has 252 valence electrons. The molecule has 7 rings (SSSR count). The minimum Gasteiger partial charge on any atom is -0.496 e. The van der Waals surface area contributed by atoms with Crippen LogP contribution in [0.3, 0.4) is 0 Å². The van der Waals surface area contributed by atoms with Gasteiger partial charge in [-0.15, -0.1) is 5.10 Å². The summed E-state index contributed by atoms with van der Waals surface area (Å²) in [7, 11) is 3.80. The number of imidazole rings is 1. The molecule has 12 heteroatoms. The normalized spacial score (nSPS) is 18.1. The Morgan fingerprint density at radius 1 is 1.00 bits per heavy atom. The molecule has 5 aromatic rings. The van der Waals surface area contributed by atoms with E-state index in [2.05, 4.69) is 41.1 Å². The van der Waals surface area contributed by atoms with Gasteiger partial charge in [-0.2, -0.15) is 10.2 Å². The number of ether oxygens (including phenoxy) is 3. The van der Waals surface area contributed by atoms with Crippen molar-refractivity contribution < 1.29 is 19.0 Å². The van der Waals surface area contributed by atoms with E-state index < -0.39 is 12.1 Å². The second-order valence-corrected chi connectivity index (χ2v) is 12.6. The van der Waals surface area contributed by atoms with Gasteiger partial charge in [0.05, 0.1) is 37.5 Å². The van der Waals surface area contributed by atoms with E-state index in [0.29, 0.717) is 50.2 Å². The fourth-order valence-corrected chi connectivity index (χ4v) is 6.88. The number of nitriles is 1. The maximum atomic E-state index is 13.2. The molecular formula is C37H40N8O4. The molecule has 0 unspecified atom stereocenters. The summed E-state index contributed by atoms with van der Waals surface area (Å²) < 4.78 is 19.4. The number of fused-ring (bicyclic) bond motifs is 2. The molecule has 0 spiro atoms. The lowest BCUT2D eigenvalue weighted by atomic mass is 10.0. The van der Waals surface area contributed by atoms with E-state index in [9.17, 15) is 10.1 Å². The van der Waals surface area contributed by atoms with E-state index >= 15 is 0 Å². The molecular weight excluding hydrogens is 620 g/mol. The summed E-state index contributed by atoms with van der Waals surface area (Å²) in [6, 6.07) is 24.3. The van der Waals surface area contributed by atoms with Gasteiger partial charge >= 0.3 is 12.1 Å². The molecule has 0 N–H and O–H groups in total. The van der Waals surface area contributed by atoms with Crippen LogP contribution in [0.4, 0.5) is 10.6 Å². The number of hydrogen-bond donors (Lipinski definition) is 0. The highest BCUT2D eigenvalue weighted by Gasteiger charge is 2.34. The van der Waals surface area contributed by atoms with Crippen LogP contribution in [-0.2, 0) is 17.8 Å². The average Bonchev–Trinajstić information content (AvgIpc) is 3.75. The Morgan fingerprint density at radius 3 is 2.59 bits per heavy atom. The molecule has 12 nitrogen and oxygen atoms in total. The fraction of sp³-hybridized carbons (Fsp3) is 0.378. The number of anilines is 1. The Morgan fingerprint density at radius 2 is 1.82 bits per heavy atom. The van der Waals surface area contributed by atoms with E-state index in [-0.39, 0.29) is 19.0 Å². The van der Waals surface area contributed by atoms with Crippen LogP contribution >= 0.6 is 0 Å². The van der Waals surface area contributed by atoms with Crippen LogP contribution in [0.1, 0.15) is 36.1 Å². The lowest BCUT2D eigenvalue weighted by Gasteiger charge is -2.40. The lowest BCUT2D eigenvalue weighted by molar-refractivity contribution is 0.0768. The van der Waals surface area contributed by atoms with Gasteiger partial charge in [-0.1, -0.05) is 60.7 Å². The molecule has 2 aliphatic rings. The zero-order valence-electron chi connectivity index (χ0n) is 27.9. The van der Waals surface area contributed by atoms with Crippen molar-refractivity contribution in [2.45, 2.75) is 44.4 Å². The van der Waals surface area contributed by atoms with Crippen LogP contribution in [0.2, 0.25) is 0 Å². The molecule has 0 aliphatic carbocycles. The topological polar surface area (TPSA) is 121 Å². The lowest BCUT2D eigenvalue weighted by Crippen LogP contribution is -2.55. The molecule has 2 saturated heterocycles. The largest absolute Gasteiger partial charge is 0.496 e. The van der Waals surface area contributed by atoms with Crippen LogP contribution in [0.15, 0.2) is 72.9 Å². The van der Waals surface area contributed by atoms with Gasteiger partial charge < -0.3 is 28.9 Å². The number of benzene rings is 3. The van der Waals surface area contributed by atoms with Gasteiger partial charge in [0.1, 0.15) is 19.0 Å². The van der Waals surface area contributed by atoms with Crippen molar-refractivity contribution in [1.82, 2.24) is 29.4 Å². The summed E-state index contributed by atoms with van der Waals surface area (Å²) in [4.78, 5) is 29.0. The Balaban J connectivity index is 1.19. The monoisotopic (exact) mass is 660 g/mol. The highest BCUT2D eigenvalue weighted by molar-refractivity contribution is 5.91. The summed E-state index contributed by atoms with van der Waals surface area (Å²) in [5, 5.41) is 16.7. The molecule has 0 saturated carbocycles. The van der Waals surface area contributed by atoms with Crippen molar-refractivity contribution in [3.8, 4) is 17.8 Å². The molecule has 49 heavy (non-hydrogen) atoms.